The van der Waals surface area contributed by atoms with Crippen LogP contribution in [0.5, 0.6) is 0 Å². The highest BCUT2D eigenvalue weighted by Crippen LogP contribution is 2.74. The molecular formula is C11H9Cl6NO. The van der Waals surface area contributed by atoms with Crippen LogP contribution in [0.15, 0.2) is 10.1 Å². The van der Waals surface area contributed by atoms with Gasteiger partial charge in [0.25, 0.3) is 0 Å². The van der Waals surface area contributed by atoms with Gasteiger partial charge in [0.15, 0.2) is 4.33 Å². The Morgan fingerprint density at radius 2 is 1.84 bits per heavy atom. The van der Waals surface area contributed by atoms with Gasteiger partial charge in [-0.25, -0.2) is 0 Å². The van der Waals surface area contributed by atoms with Gasteiger partial charge in [0.1, 0.15) is 9.75 Å². The molecule has 1 saturated carbocycles. The number of halogens is 6. The van der Waals surface area contributed by atoms with Gasteiger partial charge in [-0.1, -0.05) is 46.4 Å². The summed E-state index contributed by atoms with van der Waals surface area (Å²) < 4.78 is 3.89. The Morgan fingerprint density at radius 1 is 1.21 bits per heavy atom. The molecule has 0 aromatic heterocycles. The first kappa shape index (κ1) is 16.3. The molecule has 0 radical (unpaired) electrons. The SMILES string of the molecule is N#CCCOC[C@H]1C[C@@]2(Cl)C(Cl)=C(Cl)[C@@]1(Cl)C2(Cl)Cl. The summed E-state index contributed by atoms with van der Waals surface area (Å²) in [7, 11) is 0. The number of allylic oxidation sites excluding steroid dienone is 2. The summed E-state index contributed by atoms with van der Waals surface area (Å²) in [5.74, 6) is -0.268. The minimum Gasteiger partial charge on any atom is -0.380 e. The van der Waals surface area contributed by atoms with Gasteiger partial charge >= 0.3 is 0 Å². The number of hydrogen-bond donors (Lipinski definition) is 0. The molecule has 3 atom stereocenters. The normalized spacial score (nSPS) is 39.7. The second-order valence-corrected chi connectivity index (χ2v) is 7.92. The summed E-state index contributed by atoms with van der Waals surface area (Å²) in [6.45, 7) is 0.573. The highest BCUT2D eigenvalue weighted by molar-refractivity contribution is 6.65. The molecule has 0 aromatic carbocycles. The van der Waals surface area contributed by atoms with Gasteiger partial charge in [0.05, 0.1) is 35.8 Å². The van der Waals surface area contributed by atoms with Crippen molar-refractivity contribution in [1.29, 1.82) is 5.26 Å². The van der Waals surface area contributed by atoms with Gasteiger partial charge in [0.2, 0.25) is 0 Å². The zero-order chi connectivity index (χ0) is 14.5. The zero-order valence-corrected chi connectivity index (χ0v) is 14.1. The topological polar surface area (TPSA) is 33.0 Å². The first-order chi connectivity index (χ1) is 8.73. The lowest BCUT2D eigenvalue weighted by Gasteiger charge is -2.33. The monoisotopic (exact) mass is 381 g/mol. The molecule has 0 heterocycles. The van der Waals surface area contributed by atoms with Crippen LogP contribution in [-0.4, -0.2) is 27.3 Å². The summed E-state index contributed by atoms with van der Waals surface area (Å²) in [6.07, 6.45) is 0.665. The average molecular weight is 384 g/mol. The molecule has 0 unspecified atom stereocenters. The van der Waals surface area contributed by atoms with Gasteiger partial charge in [-0.15, -0.1) is 23.2 Å². The molecule has 2 aliphatic rings. The van der Waals surface area contributed by atoms with Crippen LogP contribution in [0.3, 0.4) is 0 Å². The quantitative estimate of drug-likeness (QED) is 0.517. The second kappa shape index (κ2) is 5.29. The maximum Gasteiger partial charge on any atom is 0.166 e. The van der Waals surface area contributed by atoms with Crippen LogP contribution in [0, 0.1) is 17.2 Å². The lowest BCUT2D eigenvalue weighted by Crippen LogP contribution is -2.45. The molecule has 2 rings (SSSR count). The van der Waals surface area contributed by atoms with Crippen molar-refractivity contribution in [2.75, 3.05) is 13.2 Å². The van der Waals surface area contributed by atoms with E-state index in [2.05, 4.69) is 0 Å². The Kier molecular flexibility index (Phi) is 4.54. The van der Waals surface area contributed by atoms with Crippen LogP contribution in [0.1, 0.15) is 12.8 Å². The van der Waals surface area contributed by atoms with E-state index in [9.17, 15) is 0 Å². The van der Waals surface area contributed by atoms with Crippen molar-refractivity contribution in [3.8, 4) is 6.07 Å². The van der Waals surface area contributed by atoms with Crippen molar-refractivity contribution in [2.24, 2.45) is 5.92 Å². The van der Waals surface area contributed by atoms with Crippen LogP contribution in [0.2, 0.25) is 0 Å². The third-order valence-corrected chi connectivity index (χ3v) is 7.91. The van der Waals surface area contributed by atoms with Crippen LogP contribution >= 0.6 is 69.6 Å². The fraction of sp³-hybridized carbons (Fsp3) is 0.727. The fourth-order valence-electron chi connectivity index (χ4n) is 2.55. The number of fused-ring (bicyclic) bond motifs is 2. The van der Waals surface area contributed by atoms with Crippen molar-refractivity contribution in [3.05, 3.63) is 10.1 Å². The Hall–Kier alpha value is 0.930. The van der Waals surface area contributed by atoms with Gasteiger partial charge in [-0.2, -0.15) is 5.26 Å². The predicted octanol–water partition coefficient (Wildman–Crippen LogP) is 4.77. The van der Waals surface area contributed by atoms with E-state index in [0.717, 1.165) is 0 Å². The van der Waals surface area contributed by atoms with Gasteiger partial charge in [-0.05, 0) is 6.42 Å². The smallest absolute Gasteiger partial charge is 0.166 e. The molecule has 0 spiro atoms. The molecular weight excluding hydrogens is 375 g/mol. The third-order valence-electron chi connectivity index (χ3n) is 3.58. The van der Waals surface area contributed by atoms with E-state index in [1.807, 2.05) is 6.07 Å². The van der Waals surface area contributed by atoms with E-state index in [0.29, 0.717) is 19.4 Å². The molecule has 0 amide bonds. The molecule has 1 fully saturated rings. The molecule has 2 aliphatic carbocycles. The lowest BCUT2D eigenvalue weighted by atomic mass is 9.93. The summed E-state index contributed by atoms with van der Waals surface area (Å²) in [5, 5.41) is 8.82. The van der Waals surface area contributed by atoms with Crippen LogP contribution in [0.25, 0.3) is 0 Å². The minimum absolute atomic E-state index is 0.177. The van der Waals surface area contributed by atoms with Crippen molar-refractivity contribution < 1.29 is 4.74 Å². The molecule has 2 bridgehead atoms. The molecule has 0 saturated heterocycles. The second-order valence-electron chi connectivity index (χ2n) is 4.60. The minimum atomic E-state index is -1.50. The van der Waals surface area contributed by atoms with Crippen molar-refractivity contribution in [2.45, 2.75) is 26.9 Å². The zero-order valence-electron chi connectivity index (χ0n) is 9.53. The highest BCUT2D eigenvalue weighted by Gasteiger charge is 2.78. The molecule has 2 nitrogen and oxygen atoms in total. The Balaban J connectivity index is 2.22. The van der Waals surface area contributed by atoms with E-state index in [-0.39, 0.29) is 22.6 Å². The third kappa shape index (κ3) is 2.01. The predicted molar refractivity (Wildman–Crippen MR) is 79.5 cm³/mol. The maximum absolute atomic E-state index is 8.45. The van der Waals surface area contributed by atoms with Crippen LogP contribution in [0.4, 0.5) is 0 Å². The molecule has 0 aromatic rings. The van der Waals surface area contributed by atoms with Crippen molar-refractivity contribution >= 4 is 69.6 Å². The number of hydrogen-bond acceptors (Lipinski definition) is 2. The first-order valence-electron chi connectivity index (χ1n) is 5.50. The molecule has 8 heteroatoms. The van der Waals surface area contributed by atoms with E-state index in [1.54, 1.807) is 0 Å². The van der Waals surface area contributed by atoms with Gasteiger partial charge in [-0.3, -0.25) is 0 Å². The lowest BCUT2D eigenvalue weighted by molar-refractivity contribution is 0.0979. The summed E-state index contributed by atoms with van der Waals surface area (Å²) in [4.78, 5) is -2.46. The Bertz CT molecular complexity index is 472. The fourth-order valence-corrected chi connectivity index (χ4v) is 5.38. The van der Waals surface area contributed by atoms with Gasteiger partial charge < -0.3 is 4.74 Å². The van der Waals surface area contributed by atoms with Gasteiger partial charge in [0, 0.05) is 5.92 Å². The molecule has 0 N–H and O–H groups in total. The van der Waals surface area contributed by atoms with Crippen LogP contribution in [-0.2, 0) is 4.74 Å². The summed E-state index contributed by atoms with van der Waals surface area (Å²) in [5.41, 5.74) is 0. The molecule has 106 valence electrons. The number of ether oxygens (including phenoxy) is 1. The van der Waals surface area contributed by atoms with E-state index in [4.69, 9.17) is 79.6 Å². The van der Waals surface area contributed by atoms with Crippen molar-refractivity contribution in [1.82, 2.24) is 0 Å². The number of alkyl halides is 4. The number of nitriles is 1. The summed E-state index contributed by atoms with van der Waals surface area (Å²) in [6, 6.07) is 1.98. The van der Waals surface area contributed by atoms with E-state index < -0.39 is 14.1 Å². The molecule has 0 aliphatic heterocycles. The van der Waals surface area contributed by atoms with Crippen molar-refractivity contribution in [3.63, 3.8) is 0 Å². The van der Waals surface area contributed by atoms with Crippen LogP contribution < -0.4 is 0 Å². The Morgan fingerprint density at radius 3 is 2.32 bits per heavy atom. The standard InChI is InChI=1S/C11H9Cl6NO/c12-7-8(13)10(15)6(5-19-3-1-2-18)4-9(7,14)11(10,16)17/h6H,1,3-5H2/t6-,9-,10-/m1/s1. The Labute approximate surface area is 141 Å². The largest absolute Gasteiger partial charge is 0.380 e. The van der Waals surface area contributed by atoms with E-state index >= 15 is 0 Å². The first-order valence-corrected chi connectivity index (χ1v) is 7.76. The number of rotatable bonds is 4. The molecule has 19 heavy (non-hydrogen) atoms. The average Bonchev–Trinajstić information content (AvgIpc) is 2.57. The maximum atomic E-state index is 8.45. The van der Waals surface area contributed by atoms with E-state index in [1.165, 1.54) is 0 Å². The highest BCUT2D eigenvalue weighted by atomic mass is 35.5. The summed E-state index contributed by atoms with van der Waals surface area (Å²) >= 11 is 37.9. The number of nitrogens with zero attached hydrogens (tertiary/aromatic N) is 1.